The zero-order valence-electron chi connectivity index (χ0n) is 11.4. The van der Waals surface area contributed by atoms with Crippen molar-refractivity contribution in [1.29, 1.82) is 0 Å². The highest BCUT2D eigenvalue weighted by Crippen LogP contribution is 2.38. The molecule has 0 saturated heterocycles. The van der Waals surface area contributed by atoms with Gasteiger partial charge in [0.15, 0.2) is 16.7 Å². The van der Waals surface area contributed by atoms with E-state index in [1.807, 2.05) is 37.3 Å². The number of thioether (sulfide) groups is 1. The van der Waals surface area contributed by atoms with Crippen LogP contribution in [0.4, 0.5) is 0 Å². The number of aromatic amines is 1. The molecule has 1 unspecified atom stereocenters. The number of hydrogen-bond donors (Lipinski definition) is 1. The Balaban J connectivity index is 1.57. The Hall–Kier alpha value is -2.21. The third-order valence-electron chi connectivity index (χ3n) is 3.19. The molecule has 0 radical (unpaired) electrons. The van der Waals surface area contributed by atoms with Crippen LogP contribution in [0, 0.1) is 0 Å². The van der Waals surface area contributed by atoms with Gasteiger partial charge in [-0.1, -0.05) is 17.8 Å². The van der Waals surface area contributed by atoms with Crippen LogP contribution in [-0.2, 0) is 5.75 Å². The van der Waals surface area contributed by atoms with Gasteiger partial charge in [-0.25, -0.2) is 4.98 Å². The molecule has 4 rings (SSSR count). The van der Waals surface area contributed by atoms with E-state index < -0.39 is 0 Å². The van der Waals surface area contributed by atoms with E-state index in [0.717, 1.165) is 39.1 Å². The van der Waals surface area contributed by atoms with Crippen molar-refractivity contribution in [2.24, 2.45) is 0 Å². The van der Waals surface area contributed by atoms with Gasteiger partial charge in [0, 0.05) is 31.0 Å². The predicted molar refractivity (Wildman–Crippen MR) is 80.6 cm³/mol. The molecule has 0 saturated carbocycles. The van der Waals surface area contributed by atoms with Crippen LogP contribution in [0.2, 0.25) is 0 Å². The molecule has 1 aliphatic heterocycles. The molecule has 1 aliphatic rings. The van der Waals surface area contributed by atoms with Crippen molar-refractivity contribution in [3.05, 3.63) is 42.2 Å². The molecule has 1 N–H and O–H groups in total. The first-order valence-corrected chi connectivity index (χ1v) is 7.66. The summed E-state index contributed by atoms with van der Waals surface area (Å²) in [6.07, 6.45) is 1.57. The molecular formula is C15H13N3O2S. The lowest BCUT2D eigenvalue weighted by molar-refractivity contribution is 0.0679. The van der Waals surface area contributed by atoms with Crippen LogP contribution in [0.15, 0.2) is 41.7 Å². The van der Waals surface area contributed by atoms with Gasteiger partial charge in [-0.05, 0) is 12.1 Å². The minimum atomic E-state index is -0.232. The minimum Gasteiger partial charge on any atom is -0.451 e. The Morgan fingerprint density at radius 3 is 2.90 bits per heavy atom. The molecule has 21 heavy (non-hydrogen) atoms. The molecule has 6 heteroatoms. The quantitative estimate of drug-likeness (QED) is 0.751. The number of H-pyrrole nitrogens is 1. The van der Waals surface area contributed by atoms with Crippen molar-refractivity contribution >= 4 is 22.8 Å². The van der Waals surface area contributed by atoms with Crippen molar-refractivity contribution in [3.63, 3.8) is 0 Å². The number of aromatic nitrogens is 3. The van der Waals surface area contributed by atoms with E-state index in [-0.39, 0.29) is 6.29 Å². The van der Waals surface area contributed by atoms with E-state index in [0.29, 0.717) is 0 Å². The number of imidazole rings is 1. The van der Waals surface area contributed by atoms with Gasteiger partial charge < -0.3 is 14.5 Å². The minimum absolute atomic E-state index is 0.232. The van der Waals surface area contributed by atoms with Gasteiger partial charge in [0.05, 0.1) is 16.7 Å². The summed E-state index contributed by atoms with van der Waals surface area (Å²) >= 11 is 1.63. The lowest BCUT2D eigenvalue weighted by atomic mass is 10.3. The maximum atomic E-state index is 5.57. The number of fused-ring (bicyclic) bond motifs is 2. The summed E-state index contributed by atoms with van der Waals surface area (Å²) in [6, 6.07) is 9.76. The predicted octanol–water partition coefficient (Wildman–Crippen LogP) is 3.37. The van der Waals surface area contributed by atoms with Crippen LogP contribution in [0.3, 0.4) is 0 Å². The van der Waals surface area contributed by atoms with Gasteiger partial charge in [0.2, 0.25) is 6.29 Å². The van der Waals surface area contributed by atoms with Crippen LogP contribution >= 0.6 is 11.8 Å². The van der Waals surface area contributed by atoms with E-state index in [1.165, 1.54) is 0 Å². The van der Waals surface area contributed by atoms with E-state index >= 15 is 0 Å². The standard InChI is InChI=1S/C15H13N3O2S/c1-9-19-13-6-11-12(7-14(13)20-9)18-15(17-11)21-8-10-4-2-3-5-16-10/h2-7,9H,8H2,1H3,(H,17,18). The molecule has 0 fully saturated rings. The second-order valence-corrected chi connectivity index (χ2v) is 5.74. The summed E-state index contributed by atoms with van der Waals surface area (Å²) in [5.41, 5.74) is 2.87. The van der Waals surface area contributed by atoms with Gasteiger partial charge in [-0.15, -0.1) is 0 Å². The van der Waals surface area contributed by atoms with E-state index in [1.54, 1.807) is 18.0 Å². The normalized spacial score (nSPS) is 14.0. The fraction of sp³-hybridized carbons (Fsp3) is 0.200. The average molecular weight is 299 g/mol. The highest BCUT2D eigenvalue weighted by atomic mass is 32.2. The van der Waals surface area contributed by atoms with E-state index in [2.05, 4.69) is 15.0 Å². The summed E-state index contributed by atoms with van der Waals surface area (Å²) in [4.78, 5) is 12.2. The monoisotopic (exact) mass is 299 g/mol. The van der Waals surface area contributed by atoms with Crippen molar-refractivity contribution in [1.82, 2.24) is 15.0 Å². The van der Waals surface area contributed by atoms with E-state index in [9.17, 15) is 0 Å². The molecule has 5 nitrogen and oxygen atoms in total. The van der Waals surface area contributed by atoms with Crippen molar-refractivity contribution in [3.8, 4) is 11.5 Å². The Morgan fingerprint density at radius 2 is 2.10 bits per heavy atom. The summed E-state index contributed by atoms with van der Waals surface area (Å²) in [6.45, 7) is 1.87. The third-order valence-corrected chi connectivity index (χ3v) is 4.10. The van der Waals surface area contributed by atoms with Crippen LogP contribution < -0.4 is 9.47 Å². The molecule has 1 aromatic carbocycles. The highest BCUT2D eigenvalue weighted by molar-refractivity contribution is 7.98. The molecule has 106 valence electrons. The zero-order chi connectivity index (χ0) is 14.2. The molecular weight excluding hydrogens is 286 g/mol. The van der Waals surface area contributed by atoms with Gasteiger partial charge >= 0.3 is 0 Å². The second kappa shape index (κ2) is 4.96. The lowest BCUT2D eigenvalue weighted by Gasteiger charge is -1.99. The van der Waals surface area contributed by atoms with Crippen LogP contribution in [0.1, 0.15) is 12.6 Å². The van der Waals surface area contributed by atoms with Crippen LogP contribution in [0.5, 0.6) is 11.5 Å². The molecule has 2 aromatic heterocycles. The van der Waals surface area contributed by atoms with Crippen molar-refractivity contribution < 1.29 is 9.47 Å². The smallest absolute Gasteiger partial charge is 0.238 e. The first kappa shape index (κ1) is 12.5. The second-order valence-electron chi connectivity index (χ2n) is 4.77. The summed E-state index contributed by atoms with van der Waals surface area (Å²) < 4.78 is 11.1. The van der Waals surface area contributed by atoms with Crippen LogP contribution in [0.25, 0.3) is 11.0 Å². The molecule has 0 aliphatic carbocycles. The summed E-state index contributed by atoms with van der Waals surface area (Å²) in [5.74, 6) is 2.30. The summed E-state index contributed by atoms with van der Waals surface area (Å²) in [5, 5.41) is 0.868. The van der Waals surface area contributed by atoms with Gasteiger partial charge in [-0.3, -0.25) is 4.98 Å². The number of rotatable bonds is 3. The highest BCUT2D eigenvalue weighted by Gasteiger charge is 2.21. The van der Waals surface area contributed by atoms with Gasteiger partial charge in [-0.2, -0.15) is 0 Å². The average Bonchev–Trinajstić information content (AvgIpc) is 3.04. The molecule has 0 bridgehead atoms. The molecule has 3 aromatic rings. The third kappa shape index (κ3) is 2.42. The largest absolute Gasteiger partial charge is 0.451 e. The summed E-state index contributed by atoms with van der Waals surface area (Å²) in [7, 11) is 0. The zero-order valence-corrected chi connectivity index (χ0v) is 12.2. The Labute approximate surface area is 125 Å². The number of benzene rings is 1. The van der Waals surface area contributed by atoms with Gasteiger partial charge in [0.25, 0.3) is 0 Å². The van der Waals surface area contributed by atoms with Gasteiger partial charge in [0.1, 0.15) is 0 Å². The fourth-order valence-electron chi connectivity index (χ4n) is 2.25. The Bertz CT molecular complexity index is 745. The lowest BCUT2D eigenvalue weighted by Crippen LogP contribution is -2.11. The number of nitrogens with one attached hydrogen (secondary N) is 1. The van der Waals surface area contributed by atoms with Crippen molar-refractivity contribution in [2.75, 3.05) is 0 Å². The van der Waals surface area contributed by atoms with E-state index in [4.69, 9.17) is 9.47 Å². The molecule has 3 heterocycles. The Morgan fingerprint density at radius 1 is 1.24 bits per heavy atom. The number of pyridine rings is 1. The number of hydrogen-bond acceptors (Lipinski definition) is 5. The van der Waals surface area contributed by atoms with Crippen molar-refractivity contribution in [2.45, 2.75) is 24.1 Å². The van der Waals surface area contributed by atoms with Crippen LogP contribution in [-0.4, -0.2) is 21.2 Å². The molecule has 0 spiro atoms. The number of nitrogens with zero attached hydrogens (tertiary/aromatic N) is 2. The molecule has 0 amide bonds. The first-order valence-electron chi connectivity index (χ1n) is 6.68. The SMILES string of the molecule is CC1Oc2cc3nc(SCc4ccccn4)[nH]c3cc2O1. The topological polar surface area (TPSA) is 60.0 Å². The first-order chi connectivity index (χ1) is 10.3. The fourth-order valence-corrected chi connectivity index (χ4v) is 3.05. The molecule has 1 atom stereocenters. The Kier molecular flexibility index (Phi) is 2.96. The maximum absolute atomic E-state index is 5.57. The number of ether oxygens (including phenoxy) is 2. The maximum Gasteiger partial charge on any atom is 0.238 e.